The van der Waals surface area contributed by atoms with Gasteiger partial charge in [-0.2, -0.15) is 11.8 Å². The average Bonchev–Trinajstić information content (AvgIpc) is 3.22. The van der Waals surface area contributed by atoms with Crippen molar-refractivity contribution >= 4 is 41.7 Å². The maximum atomic E-state index is 5.73. The molecule has 3 atom stereocenters. The smallest absolute Gasteiger partial charge is 0.191 e. The molecule has 142 valence electrons. The van der Waals surface area contributed by atoms with Gasteiger partial charge in [-0.15, -0.1) is 24.0 Å². The third-order valence-corrected chi connectivity index (χ3v) is 5.59. The van der Waals surface area contributed by atoms with Gasteiger partial charge in [-0.05, 0) is 45.3 Å². The predicted molar refractivity (Wildman–Crippen MR) is 114 cm³/mol. The lowest BCUT2D eigenvalue weighted by Crippen LogP contribution is -2.42. The zero-order chi connectivity index (χ0) is 16.3. The molecule has 2 fully saturated rings. The Hall–Kier alpha value is 0.270. The third kappa shape index (κ3) is 8.58. The Morgan fingerprint density at radius 3 is 2.88 bits per heavy atom. The zero-order valence-corrected chi connectivity index (χ0v) is 18.2. The Kier molecular flexibility index (Phi) is 12.5. The second-order valence-corrected chi connectivity index (χ2v) is 7.57. The number of halogens is 1. The number of ether oxygens (including phenoxy) is 2. The van der Waals surface area contributed by atoms with Gasteiger partial charge in [0.25, 0.3) is 0 Å². The SMILES string of the molecule is CCNC(=NCCCOCC1CCOC1)NC1CCC(SC)C1.I. The van der Waals surface area contributed by atoms with Gasteiger partial charge < -0.3 is 20.1 Å². The van der Waals surface area contributed by atoms with Crippen molar-refractivity contribution in [3.05, 3.63) is 0 Å². The first-order chi connectivity index (χ1) is 11.3. The third-order valence-electron chi connectivity index (χ3n) is 4.50. The van der Waals surface area contributed by atoms with Gasteiger partial charge in [-0.25, -0.2) is 0 Å². The molecule has 5 nitrogen and oxygen atoms in total. The maximum Gasteiger partial charge on any atom is 0.191 e. The number of nitrogens with zero attached hydrogens (tertiary/aromatic N) is 1. The monoisotopic (exact) mass is 471 g/mol. The van der Waals surface area contributed by atoms with Crippen molar-refractivity contribution in [2.24, 2.45) is 10.9 Å². The van der Waals surface area contributed by atoms with Crippen molar-refractivity contribution in [1.29, 1.82) is 0 Å². The highest BCUT2D eigenvalue weighted by Crippen LogP contribution is 2.27. The summed E-state index contributed by atoms with van der Waals surface area (Å²) < 4.78 is 11.1. The highest BCUT2D eigenvalue weighted by atomic mass is 127. The normalized spacial score (nSPS) is 27.1. The minimum absolute atomic E-state index is 0. The topological polar surface area (TPSA) is 54.9 Å². The molecule has 1 aliphatic carbocycles. The Bertz CT molecular complexity index is 355. The van der Waals surface area contributed by atoms with Crippen LogP contribution in [0.15, 0.2) is 4.99 Å². The standard InChI is InChI=1S/C17H33N3O2S.HI/c1-3-18-17(20-15-5-6-16(11-15)23-2)19-8-4-9-21-12-14-7-10-22-13-14;/h14-16H,3-13H2,1-2H3,(H2,18,19,20);1H. The molecule has 2 rings (SSSR count). The molecule has 3 unspecified atom stereocenters. The number of nitrogens with one attached hydrogen (secondary N) is 2. The summed E-state index contributed by atoms with van der Waals surface area (Å²) in [5, 5.41) is 7.75. The van der Waals surface area contributed by atoms with E-state index in [9.17, 15) is 0 Å². The first kappa shape index (κ1) is 22.3. The second kappa shape index (κ2) is 13.5. The van der Waals surface area contributed by atoms with Crippen LogP contribution in [0.1, 0.15) is 39.0 Å². The fourth-order valence-electron chi connectivity index (χ4n) is 3.12. The molecule has 1 aliphatic heterocycles. The highest BCUT2D eigenvalue weighted by molar-refractivity contribution is 14.0. The summed E-state index contributed by atoms with van der Waals surface area (Å²) in [6, 6.07) is 0.573. The highest BCUT2D eigenvalue weighted by Gasteiger charge is 2.24. The van der Waals surface area contributed by atoms with Crippen molar-refractivity contribution in [2.45, 2.75) is 50.3 Å². The van der Waals surface area contributed by atoms with E-state index in [4.69, 9.17) is 9.47 Å². The predicted octanol–water partition coefficient (Wildman–Crippen LogP) is 2.89. The Morgan fingerprint density at radius 1 is 1.33 bits per heavy atom. The van der Waals surface area contributed by atoms with E-state index < -0.39 is 0 Å². The summed E-state index contributed by atoms with van der Waals surface area (Å²) in [5.41, 5.74) is 0. The summed E-state index contributed by atoms with van der Waals surface area (Å²) in [6.45, 7) is 7.22. The lowest BCUT2D eigenvalue weighted by atomic mass is 10.1. The molecule has 7 heteroatoms. The summed E-state index contributed by atoms with van der Waals surface area (Å²) in [7, 11) is 0. The molecule has 0 bridgehead atoms. The molecule has 1 saturated carbocycles. The lowest BCUT2D eigenvalue weighted by Gasteiger charge is -2.17. The number of aliphatic imine (C=N–C) groups is 1. The van der Waals surface area contributed by atoms with Crippen LogP contribution in [0.5, 0.6) is 0 Å². The van der Waals surface area contributed by atoms with E-state index in [1.165, 1.54) is 19.3 Å². The van der Waals surface area contributed by atoms with Crippen molar-refractivity contribution in [3.8, 4) is 0 Å². The zero-order valence-electron chi connectivity index (χ0n) is 15.1. The largest absolute Gasteiger partial charge is 0.381 e. The van der Waals surface area contributed by atoms with Crippen molar-refractivity contribution < 1.29 is 9.47 Å². The van der Waals surface area contributed by atoms with Gasteiger partial charge >= 0.3 is 0 Å². The molecule has 0 aromatic carbocycles. The quantitative estimate of drug-likeness (QED) is 0.235. The van der Waals surface area contributed by atoms with Gasteiger partial charge in [0.2, 0.25) is 0 Å². The molecule has 0 aromatic rings. The number of hydrogen-bond donors (Lipinski definition) is 2. The van der Waals surface area contributed by atoms with E-state index in [-0.39, 0.29) is 24.0 Å². The van der Waals surface area contributed by atoms with E-state index in [0.29, 0.717) is 12.0 Å². The van der Waals surface area contributed by atoms with Crippen molar-refractivity contribution in [1.82, 2.24) is 10.6 Å². The molecule has 1 saturated heterocycles. The van der Waals surface area contributed by atoms with Crippen molar-refractivity contribution in [3.63, 3.8) is 0 Å². The molecule has 2 aliphatic rings. The number of hydrogen-bond acceptors (Lipinski definition) is 4. The van der Waals surface area contributed by atoms with Crippen molar-refractivity contribution in [2.75, 3.05) is 45.8 Å². The summed E-state index contributed by atoms with van der Waals surface area (Å²) in [6.07, 6.45) is 8.15. The molecule has 2 N–H and O–H groups in total. The molecular weight excluding hydrogens is 437 g/mol. The van der Waals surface area contributed by atoms with E-state index in [0.717, 1.165) is 63.6 Å². The molecule has 24 heavy (non-hydrogen) atoms. The number of guanidine groups is 1. The first-order valence-electron chi connectivity index (χ1n) is 9.05. The van der Waals surface area contributed by atoms with Crippen LogP contribution < -0.4 is 10.6 Å². The van der Waals surface area contributed by atoms with Crippen LogP contribution in [0, 0.1) is 5.92 Å². The fourth-order valence-corrected chi connectivity index (χ4v) is 3.92. The summed E-state index contributed by atoms with van der Waals surface area (Å²) in [4.78, 5) is 4.68. The van der Waals surface area contributed by atoms with Gasteiger partial charge in [-0.1, -0.05) is 0 Å². The maximum absolute atomic E-state index is 5.73. The fraction of sp³-hybridized carbons (Fsp3) is 0.941. The van der Waals surface area contributed by atoms with E-state index in [2.05, 4.69) is 28.8 Å². The van der Waals surface area contributed by atoms with E-state index >= 15 is 0 Å². The summed E-state index contributed by atoms with van der Waals surface area (Å²) >= 11 is 1.99. The van der Waals surface area contributed by atoms with Crippen LogP contribution in [0.3, 0.4) is 0 Å². The summed E-state index contributed by atoms with van der Waals surface area (Å²) in [5.74, 6) is 1.56. The lowest BCUT2D eigenvalue weighted by molar-refractivity contribution is 0.0893. The van der Waals surface area contributed by atoms with Gasteiger partial charge in [0, 0.05) is 43.5 Å². The number of rotatable bonds is 9. The molecule has 0 radical (unpaired) electrons. The Labute approximate surface area is 168 Å². The molecular formula is C17H34IN3O2S. The van der Waals surface area contributed by atoms with Crippen LogP contribution in [-0.4, -0.2) is 63.0 Å². The van der Waals surface area contributed by atoms with Gasteiger partial charge in [0.05, 0.1) is 13.2 Å². The van der Waals surface area contributed by atoms with Gasteiger partial charge in [0.1, 0.15) is 0 Å². The molecule has 0 spiro atoms. The molecule has 0 amide bonds. The minimum Gasteiger partial charge on any atom is -0.381 e. The Morgan fingerprint density at radius 2 is 2.21 bits per heavy atom. The second-order valence-electron chi connectivity index (χ2n) is 6.43. The van der Waals surface area contributed by atoms with Crippen LogP contribution >= 0.6 is 35.7 Å². The average molecular weight is 471 g/mol. The van der Waals surface area contributed by atoms with Crippen LogP contribution in [0.2, 0.25) is 0 Å². The van der Waals surface area contributed by atoms with Crippen LogP contribution in [0.25, 0.3) is 0 Å². The Balaban J connectivity index is 0.00000288. The van der Waals surface area contributed by atoms with Crippen LogP contribution in [0.4, 0.5) is 0 Å². The minimum atomic E-state index is 0. The van der Waals surface area contributed by atoms with Gasteiger partial charge in [-0.3, -0.25) is 4.99 Å². The number of thioether (sulfide) groups is 1. The van der Waals surface area contributed by atoms with E-state index in [1.54, 1.807) is 0 Å². The first-order valence-corrected chi connectivity index (χ1v) is 10.3. The molecule has 0 aromatic heterocycles. The van der Waals surface area contributed by atoms with Crippen LogP contribution in [-0.2, 0) is 9.47 Å². The van der Waals surface area contributed by atoms with Gasteiger partial charge in [0.15, 0.2) is 5.96 Å². The molecule has 1 heterocycles. The van der Waals surface area contributed by atoms with E-state index in [1.807, 2.05) is 11.8 Å².